The fraction of sp³-hybridized carbons (Fsp3) is 0.176. The Hall–Kier alpha value is -2.02. The van der Waals surface area contributed by atoms with Gasteiger partial charge in [-0.25, -0.2) is 0 Å². The molecule has 0 saturated carbocycles. The molecule has 0 amide bonds. The predicted molar refractivity (Wildman–Crippen MR) is 76.9 cm³/mol. The highest BCUT2D eigenvalue weighted by molar-refractivity contribution is 5.84. The van der Waals surface area contributed by atoms with Crippen LogP contribution in [-0.2, 0) is 0 Å². The number of nitrogens with one attached hydrogen (secondary N) is 1. The summed E-state index contributed by atoms with van der Waals surface area (Å²) in [6.45, 7) is 2.25. The summed E-state index contributed by atoms with van der Waals surface area (Å²) < 4.78 is 0. The Labute approximate surface area is 107 Å². The van der Waals surface area contributed by atoms with E-state index in [1.165, 1.54) is 22.0 Å². The number of hydrogen-bond acceptors (Lipinski definition) is 0. The van der Waals surface area contributed by atoms with Crippen LogP contribution in [0, 0.1) is 0 Å². The quantitative estimate of drug-likeness (QED) is 0.676. The highest BCUT2D eigenvalue weighted by atomic mass is 14.7. The maximum absolute atomic E-state index is 3.37. The van der Waals surface area contributed by atoms with Gasteiger partial charge in [0, 0.05) is 23.0 Å². The lowest BCUT2D eigenvalue weighted by atomic mass is 9.89. The third-order valence-electron chi connectivity index (χ3n) is 3.61. The molecule has 0 saturated heterocycles. The Balaban J connectivity index is 2.12. The standard InChI is InChI=1S/C17H17N/c1-2-14(13-8-4-3-5-9-13)16-12-18-17-11-7-6-10-15(16)17/h3-12,14,18H,2H2,1H3. The first-order chi connectivity index (χ1) is 8.90. The smallest absolute Gasteiger partial charge is 0.0457 e. The number of benzene rings is 2. The maximum Gasteiger partial charge on any atom is 0.0457 e. The van der Waals surface area contributed by atoms with Gasteiger partial charge in [-0.05, 0) is 23.6 Å². The molecule has 1 aromatic heterocycles. The lowest BCUT2D eigenvalue weighted by Gasteiger charge is -2.14. The van der Waals surface area contributed by atoms with Crippen molar-refractivity contribution in [3.63, 3.8) is 0 Å². The monoisotopic (exact) mass is 235 g/mol. The third kappa shape index (κ3) is 1.82. The summed E-state index contributed by atoms with van der Waals surface area (Å²) in [6.07, 6.45) is 3.28. The Morgan fingerprint density at radius 2 is 1.67 bits per heavy atom. The van der Waals surface area contributed by atoms with E-state index < -0.39 is 0 Å². The topological polar surface area (TPSA) is 15.8 Å². The summed E-state index contributed by atoms with van der Waals surface area (Å²) in [5.74, 6) is 0.474. The van der Waals surface area contributed by atoms with E-state index in [9.17, 15) is 0 Å². The van der Waals surface area contributed by atoms with Crippen molar-refractivity contribution in [2.45, 2.75) is 19.3 Å². The van der Waals surface area contributed by atoms with Crippen LogP contribution >= 0.6 is 0 Å². The van der Waals surface area contributed by atoms with Crippen molar-refractivity contribution in [3.8, 4) is 0 Å². The molecule has 0 aliphatic heterocycles. The van der Waals surface area contributed by atoms with Crippen molar-refractivity contribution in [1.29, 1.82) is 0 Å². The largest absolute Gasteiger partial charge is 0.361 e. The van der Waals surface area contributed by atoms with E-state index >= 15 is 0 Å². The van der Waals surface area contributed by atoms with Crippen molar-refractivity contribution in [1.82, 2.24) is 4.98 Å². The SMILES string of the molecule is CCC(c1ccccc1)c1c[nH]c2ccccc12. The van der Waals surface area contributed by atoms with Crippen LogP contribution < -0.4 is 0 Å². The summed E-state index contributed by atoms with van der Waals surface area (Å²) in [4.78, 5) is 3.37. The van der Waals surface area contributed by atoms with Crippen molar-refractivity contribution in [3.05, 3.63) is 71.9 Å². The van der Waals surface area contributed by atoms with Crippen molar-refractivity contribution < 1.29 is 0 Å². The zero-order chi connectivity index (χ0) is 12.4. The first-order valence-electron chi connectivity index (χ1n) is 6.51. The molecule has 1 heterocycles. The number of rotatable bonds is 3. The Kier molecular flexibility index (Phi) is 2.89. The van der Waals surface area contributed by atoms with Gasteiger partial charge in [-0.3, -0.25) is 0 Å². The van der Waals surface area contributed by atoms with Gasteiger partial charge in [0.1, 0.15) is 0 Å². The second-order valence-electron chi connectivity index (χ2n) is 4.66. The van der Waals surface area contributed by atoms with Gasteiger partial charge in [-0.2, -0.15) is 0 Å². The zero-order valence-corrected chi connectivity index (χ0v) is 10.6. The van der Waals surface area contributed by atoms with Crippen LogP contribution in [0.15, 0.2) is 60.8 Å². The van der Waals surface area contributed by atoms with Crippen LogP contribution in [-0.4, -0.2) is 4.98 Å². The molecule has 18 heavy (non-hydrogen) atoms. The van der Waals surface area contributed by atoms with Gasteiger partial charge in [-0.15, -0.1) is 0 Å². The summed E-state index contributed by atoms with van der Waals surface area (Å²) >= 11 is 0. The minimum absolute atomic E-state index is 0.474. The van der Waals surface area contributed by atoms with Gasteiger partial charge in [-0.1, -0.05) is 55.5 Å². The lowest BCUT2D eigenvalue weighted by molar-refractivity contribution is 0.783. The summed E-state index contributed by atoms with van der Waals surface area (Å²) in [7, 11) is 0. The van der Waals surface area contributed by atoms with Crippen LogP contribution in [0.4, 0.5) is 0 Å². The normalized spacial score (nSPS) is 12.7. The molecule has 1 heteroatoms. The second kappa shape index (κ2) is 4.69. The highest BCUT2D eigenvalue weighted by Crippen LogP contribution is 2.32. The average Bonchev–Trinajstić information content (AvgIpc) is 2.85. The zero-order valence-electron chi connectivity index (χ0n) is 10.6. The van der Waals surface area contributed by atoms with E-state index in [4.69, 9.17) is 0 Å². The lowest BCUT2D eigenvalue weighted by Crippen LogP contribution is -1.98. The second-order valence-corrected chi connectivity index (χ2v) is 4.66. The molecule has 0 radical (unpaired) electrons. The number of para-hydroxylation sites is 1. The average molecular weight is 235 g/mol. The van der Waals surface area contributed by atoms with E-state index in [0.717, 1.165) is 6.42 Å². The van der Waals surface area contributed by atoms with Gasteiger partial charge in [0.2, 0.25) is 0 Å². The highest BCUT2D eigenvalue weighted by Gasteiger charge is 2.15. The fourth-order valence-electron chi connectivity index (χ4n) is 2.70. The van der Waals surface area contributed by atoms with Crippen LogP contribution in [0.5, 0.6) is 0 Å². The van der Waals surface area contributed by atoms with E-state index in [0.29, 0.717) is 5.92 Å². The number of fused-ring (bicyclic) bond motifs is 1. The minimum Gasteiger partial charge on any atom is -0.361 e. The van der Waals surface area contributed by atoms with Gasteiger partial charge >= 0.3 is 0 Å². The van der Waals surface area contributed by atoms with Gasteiger partial charge in [0.25, 0.3) is 0 Å². The van der Waals surface area contributed by atoms with Crippen molar-refractivity contribution in [2.24, 2.45) is 0 Å². The van der Waals surface area contributed by atoms with Crippen LogP contribution in [0.3, 0.4) is 0 Å². The van der Waals surface area contributed by atoms with Crippen LogP contribution in [0.1, 0.15) is 30.4 Å². The molecule has 0 aliphatic rings. The molecule has 1 unspecified atom stereocenters. The number of aromatic amines is 1. The van der Waals surface area contributed by atoms with Crippen molar-refractivity contribution >= 4 is 10.9 Å². The van der Waals surface area contributed by atoms with Crippen LogP contribution in [0.25, 0.3) is 10.9 Å². The molecule has 0 fully saturated rings. The van der Waals surface area contributed by atoms with Gasteiger partial charge < -0.3 is 4.98 Å². The summed E-state index contributed by atoms with van der Waals surface area (Å²) in [5, 5.41) is 1.34. The number of hydrogen-bond donors (Lipinski definition) is 1. The Morgan fingerprint density at radius 1 is 0.944 bits per heavy atom. The van der Waals surface area contributed by atoms with E-state index in [1.54, 1.807) is 0 Å². The Morgan fingerprint density at radius 3 is 2.44 bits per heavy atom. The summed E-state index contributed by atoms with van der Waals surface area (Å²) in [5.41, 5.74) is 4.02. The predicted octanol–water partition coefficient (Wildman–Crippen LogP) is 4.71. The van der Waals surface area contributed by atoms with Gasteiger partial charge in [0.05, 0.1) is 0 Å². The van der Waals surface area contributed by atoms with Crippen LogP contribution in [0.2, 0.25) is 0 Å². The molecule has 1 N–H and O–H groups in total. The molecule has 0 bridgehead atoms. The molecule has 90 valence electrons. The van der Waals surface area contributed by atoms with Crippen molar-refractivity contribution in [2.75, 3.05) is 0 Å². The molecule has 3 rings (SSSR count). The first kappa shape index (κ1) is 11.1. The molecule has 1 atom stereocenters. The molecular formula is C17H17N. The summed E-state index contributed by atoms with van der Waals surface area (Å²) in [6, 6.07) is 19.3. The third-order valence-corrected chi connectivity index (χ3v) is 3.61. The molecule has 1 nitrogen and oxygen atoms in total. The fourth-order valence-corrected chi connectivity index (χ4v) is 2.70. The number of H-pyrrole nitrogens is 1. The van der Waals surface area contributed by atoms with E-state index in [1.807, 2.05) is 0 Å². The Bertz CT molecular complexity index is 637. The molecule has 0 spiro atoms. The van der Waals surface area contributed by atoms with E-state index in [2.05, 4.69) is 72.7 Å². The molecule has 3 aromatic rings. The van der Waals surface area contributed by atoms with Gasteiger partial charge in [0.15, 0.2) is 0 Å². The first-order valence-corrected chi connectivity index (χ1v) is 6.51. The maximum atomic E-state index is 3.37. The molecular weight excluding hydrogens is 218 g/mol. The van der Waals surface area contributed by atoms with E-state index in [-0.39, 0.29) is 0 Å². The molecule has 2 aromatic carbocycles. The minimum atomic E-state index is 0.474. The molecule has 0 aliphatic carbocycles. The number of aromatic nitrogens is 1.